The van der Waals surface area contributed by atoms with Crippen molar-refractivity contribution in [1.29, 1.82) is 0 Å². The smallest absolute Gasteiger partial charge is 0.330 e. The zero-order valence-corrected chi connectivity index (χ0v) is 10.8. The SMILES string of the molecule is CC(C)(CN)CCCn1nc2cnccn2c1=O. The number of fused-ring (bicyclic) bond motifs is 1. The summed E-state index contributed by atoms with van der Waals surface area (Å²) in [5.41, 5.74) is 6.27. The highest BCUT2D eigenvalue weighted by atomic mass is 16.2. The highest BCUT2D eigenvalue weighted by Gasteiger charge is 2.15. The number of hydrogen-bond acceptors (Lipinski definition) is 4. The van der Waals surface area contributed by atoms with Crippen molar-refractivity contribution < 1.29 is 0 Å². The first kappa shape index (κ1) is 12.8. The molecule has 6 heteroatoms. The van der Waals surface area contributed by atoms with E-state index in [0.717, 1.165) is 12.8 Å². The van der Waals surface area contributed by atoms with Gasteiger partial charge in [-0.25, -0.2) is 13.9 Å². The third kappa shape index (κ3) is 2.59. The van der Waals surface area contributed by atoms with Crippen molar-refractivity contribution in [1.82, 2.24) is 19.2 Å². The molecule has 0 spiro atoms. The maximum Gasteiger partial charge on any atom is 0.350 e. The van der Waals surface area contributed by atoms with Gasteiger partial charge in [0.1, 0.15) is 0 Å². The predicted molar refractivity (Wildman–Crippen MR) is 69.3 cm³/mol. The Kier molecular flexibility index (Phi) is 3.47. The Morgan fingerprint density at radius 3 is 2.89 bits per heavy atom. The van der Waals surface area contributed by atoms with E-state index < -0.39 is 0 Å². The minimum absolute atomic E-state index is 0.113. The number of nitrogens with two attached hydrogens (primary N) is 1. The number of nitrogens with zero attached hydrogens (tertiary/aromatic N) is 4. The van der Waals surface area contributed by atoms with Gasteiger partial charge in [0.05, 0.1) is 6.20 Å². The van der Waals surface area contributed by atoms with Gasteiger partial charge in [-0.3, -0.25) is 4.98 Å². The first-order chi connectivity index (χ1) is 8.53. The zero-order valence-electron chi connectivity index (χ0n) is 10.8. The van der Waals surface area contributed by atoms with Crippen LogP contribution in [-0.4, -0.2) is 25.7 Å². The Hall–Kier alpha value is -1.69. The normalized spacial score (nSPS) is 12.2. The van der Waals surface area contributed by atoms with E-state index in [0.29, 0.717) is 18.7 Å². The Morgan fingerprint density at radius 2 is 2.22 bits per heavy atom. The van der Waals surface area contributed by atoms with Crippen LogP contribution in [0, 0.1) is 5.41 Å². The van der Waals surface area contributed by atoms with Crippen molar-refractivity contribution in [3.8, 4) is 0 Å². The lowest BCUT2D eigenvalue weighted by atomic mass is 9.88. The molecule has 98 valence electrons. The summed E-state index contributed by atoms with van der Waals surface area (Å²) < 4.78 is 2.99. The van der Waals surface area contributed by atoms with Gasteiger partial charge in [-0.05, 0) is 24.8 Å². The summed E-state index contributed by atoms with van der Waals surface area (Å²) in [4.78, 5) is 15.9. The first-order valence-corrected chi connectivity index (χ1v) is 6.13. The van der Waals surface area contributed by atoms with Crippen LogP contribution in [0.3, 0.4) is 0 Å². The fourth-order valence-corrected chi connectivity index (χ4v) is 1.84. The van der Waals surface area contributed by atoms with Gasteiger partial charge in [-0.1, -0.05) is 13.8 Å². The van der Waals surface area contributed by atoms with Crippen molar-refractivity contribution in [2.24, 2.45) is 11.1 Å². The van der Waals surface area contributed by atoms with Crippen LogP contribution in [0.25, 0.3) is 5.65 Å². The molecule has 0 amide bonds. The summed E-state index contributed by atoms with van der Waals surface area (Å²) in [6.07, 6.45) is 6.66. The number of hydrogen-bond donors (Lipinski definition) is 1. The van der Waals surface area contributed by atoms with E-state index in [2.05, 4.69) is 23.9 Å². The van der Waals surface area contributed by atoms with Gasteiger partial charge in [0.25, 0.3) is 0 Å². The topological polar surface area (TPSA) is 78.2 Å². The van der Waals surface area contributed by atoms with Crippen LogP contribution in [-0.2, 0) is 6.54 Å². The minimum Gasteiger partial charge on any atom is -0.330 e. The Labute approximate surface area is 105 Å². The summed E-state index contributed by atoms with van der Waals surface area (Å²) in [6, 6.07) is 0. The first-order valence-electron chi connectivity index (χ1n) is 6.13. The maximum atomic E-state index is 12.0. The van der Waals surface area contributed by atoms with Gasteiger partial charge in [-0.2, -0.15) is 0 Å². The van der Waals surface area contributed by atoms with Crippen LogP contribution in [0.4, 0.5) is 0 Å². The zero-order chi connectivity index (χ0) is 13.2. The van der Waals surface area contributed by atoms with Crippen LogP contribution in [0.2, 0.25) is 0 Å². The molecule has 0 aliphatic heterocycles. The molecule has 2 heterocycles. The highest BCUT2D eigenvalue weighted by molar-refractivity contribution is 5.31. The summed E-state index contributed by atoms with van der Waals surface area (Å²) in [6.45, 7) is 5.52. The lowest BCUT2D eigenvalue weighted by Gasteiger charge is -2.21. The minimum atomic E-state index is -0.113. The van der Waals surface area contributed by atoms with Crippen LogP contribution >= 0.6 is 0 Å². The molecule has 0 unspecified atom stereocenters. The third-order valence-corrected chi connectivity index (χ3v) is 3.16. The molecule has 0 atom stereocenters. The largest absolute Gasteiger partial charge is 0.350 e. The molecule has 0 aromatic carbocycles. The van der Waals surface area contributed by atoms with E-state index in [4.69, 9.17) is 5.73 Å². The monoisotopic (exact) mass is 249 g/mol. The molecule has 2 aromatic heterocycles. The third-order valence-electron chi connectivity index (χ3n) is 3.16. The fourth-order valence-electron chi connectivity index (χ4n) is 1.84. The van der Waals surface area contributed by atoms with Crippen LogP contribution in [0.1, 0.15) is 26.7 Å². The lowest BCUT2D eigenvalue weighted by molar-refractivity contribution is 0.323. The van der Waals surface area contributed by atoms with Gasteiger partial charge in [0.2, 0.25) is 0 Å². The van der Waals surface area contributed by atoms with E-state index in [9.17, 15) is 4.79 Å². The molecule has 2 aromatic rings. The second-order valence-electron chi connectivity index (χ2n) is 5.28. The summed E-state index contributed by atoms with van der Waals surface area (Å²) >= 11 is 0. The molecule has 0 saturated heterocycles. The van der Waals surface area contributed by atoms with Gasteiger partial charge in [-0.15, -0.1) is 5.10 Å². The molecule has 2 N–H and O–H groups in total. The number of aromatic nitrogens is 4. The predicted octanol–water partition coefficient (Wildman–Crippen LogP) is 0.656. The molecule has 0 bridgehead atoms. The van der Waals surface area contributed by atoms with Gasteiger partial charge >= 0.3 is 5.69 Å². The van der Waals surface area contributed by atoms with Crippen molar-refractivity contribution in [2.45, 2.75) is 33.2 Å². The highest BCUT2D eigenvalue weighted by Crippen LogP contribution is 2.20. The number of rotatable bonds is 5. The molecule has 0 fully saturated rings. The molecule has 0 radical (unpaired) electrons. The molecule has 0 aliphatic carbocycles. The van der Waals surface area contributed by atoms with Crippen molar-refractivity contribution >= 4 is 5.65 Å². The Morgan fingerprint density at radius 1 is 1.44 bits per heavy atom. The van der Waals surface area contributed by atoms with E-state index in [1.165, 1.54) is 9.08 Å². The average Bonchev–Trinajstić information content (AvgIpc) is 2.67. The molecular formula is C12H19N5O. The van der Waals surface area contributed by atoms with Crippen molar-refractivity contribution in [3.63, 3.8) is 0 Å². The van der Waals surface area contributed by atoms with E-state index in [1.807, 2.05) is 0 Å². The van der Waals surface area contributed by atoms with Crippen LogP contribution < -0.4 is 11.4 Å². The summed E-state index contributed by atoms with van der Waals surface area (Å²) in [5, 5.41) is 4.23. The molecular weight excluding hydrogens is 230 g/mol. The molecule has 6 nitrogen and oxygen atoms in total. The standard InChI is InChI=1S/C12H19N5O/c1-12(2,9-13)4-3-6-17-11(18)16-7-5-14-8-10(16)15-17/h5,7-8H,3-4,6,9,13H2,1-2H3. The van der Waals surface area contributed by atoms with Crippen LogP contribution in [0.5, 0.6) is 0 Å². The summed E-state index contributed by atoms with van der Waals surface area (Å²) in [5.74, 6) is 0. The molecule has 0 aliphatic rings. The Balaban J connectivity index is 2.09. The molecule has 18 heavy (non-hydrogen) atoms. The average molecular weight is 249 g/mol. The van der Waals surface area contributed by atoms with Crippen LogP contribution in [0.15, 0.2) is 23.4 Å². The quantitative estimate of drug-likeness (QED) is 0.844. The van der Waals surface area contributed by atoms with Gasteiger partial charge in [0.15, 0.2) is 5.65 Å². The Bertz CT molecular complexity index is 583. The lowest BCUT2D eigenvalue weighted by Crippen LogP contribution is -2.25. The summed E-state index contributed by atoms with van der Waals surface area (Å²) in [7, 11) is 0. The van der Waals surface area contributed by atoms with Gasteiger partial charge < -0.3 is 5.73 Å². The second kappa shape index (κ2) is 4.89. The molecule has 0 saturated carbocycles. The van der Waals surface area contributed by atoms with E-state index >= 15 is 0 Å². The van der Waals surface area contributed by atoms with Crippen molar-refractivity contribution in [3.05, 3.63) is 29.1 Å². The fraction of sp³-hybridized carbons (Fsp3) is 0.583. The van der Waals surface area contributed by atoms with E-state index in [1.54, 1.807) is 18.6 Å². The molecule has 2 rings (SSSR count). The van der Waals surface area contributed by atoms with Crippen molar-refractivity contribution in [2.75, 3.05) is 6.54 Å². The maximum absolute atomic E-state index is 12.0. The number of aryl methyl sites for hydroxylation is 1. The van der Waals surface area contributed by atoms with E-state index in [-0.39, 0.29) is 11.1 Å². The second-order valence-corrected chi connectivity index (χ2v) is 5.28. The van der Waals surface area contributed by atoms with Gasteiger partial charge in [0, 0.05) is 18.9 Å².